The van der Waals surface area contributed by atoms with Crippen molar-refractivity contribution in [3.05, 3.63) is 29.8 Å². The quantitative estimate of drug-likeness (QED) is 0.720. The van der Waals surface area contributed by atoms with Gasteiger partial charge < -0.3 is 10.8 Å². The predicted octanol–water partition coefficient (Wildman–Crippen LogP) is 2.22. The van der Waals surface area contributed by atoms with Crippen LogP contribution in [0.25, 0.3) is 0 Å². The Labute approximate surface area is 85.8 Å². The van der Waals surface area contributed by atoms with E-state index in [9.17, 15) is 5.11 Å². The van der Waals surface area contributed by atoms with Gasteiger partial charge in [-0.25, -0.2) is 0 Å². The van der Waals surface area contributed by atoms with Gasteiger partial charge in [0, 0.05) is 12.1 Å². The molecule has 0 saturated carbocycles. The summed E-state index contributed by atoms with van der Waals surface area (Å²) in [5.41, 5.74) is 7.60. The van der Waals surface area contributed by atoms with Gasteiger partial charge >= 0.3 is 0 Å². The normalized spacial score (nSPS) is 13.1. The first-order valence-corrected chi connectivity index (χ1v) is 5.11. The Hall–Kier alpha value is -1.02. The van der Waals surface area contributed by atoms with E-state index in [2.05, 4.69) is 13.8 Å². The fourth-order valence-electron chi connectivity index (χ4n) is 1.60. The second kappa shape index (κ2) is 5.01. The van der Waals surface area contributed by atoms with Gasteiger partial charge in [0.25, 0.3) is 0 Å². The van der Waals surface area contributed by atoms with Crippen molar-refractivity contribution in [3.8, 4) is 0 Å². The molecule has 0 bridgehead atoms. The molecule has 0 aromatic heterocycles. The molecule has 1 atom stereocenters. The van der Waals surface area contributed by atoms with E-state index < -0.39 is 0 Å². The maximum atomic E-state index is 9.74. The Balaban J connectivity index is 2.56. The predicted molar refractivity (Wildman–Crippen MR) is 60.0 cm³/mol. The van der Waals surface area contributed by atoms with Crippen LogP contribution in [0, 0.1) is 5.92 Å². The zero-order chi connectivity index (χ0) is 10.6. The third-order valence-electron chi connectivity index (χ3n) is 2.25. The molecule has 14 heavy (non-hydrogen) atoms. The summed E-state index contributed by atoms with van der Waals surface area (Å²) in [4.78, 5) is 0. The molecule has 0 aliphatic rings. The van der Waals surface area contributed by atoms with Gasteiger partial charge in [-0.2, -0.15) is 0 Å². The Morgan fingerprint density at radius 2 is 1.93 bits per heavy atom. The third-order valence-corrected chi connectivity index (χ3v) is 2.25. The van der Waals surface area contributed by atoms with E-state index in [1.807, 2.05) is 24.3 Å². The Morgan fingerprint density at radius 1 is 1.29 bits per heavy atom. The molecule has 0 aliphatic heterocycles. The van der Waals surface area contributed by atoms with E-state index in [0.717, 1.165) is 17.7 Å². The average Bonchev–Trinajstić information content (AvgIpc) is 2.07. The van der Waals surface area contributed by atoms with E-state index in [1.54, 1.807) is 0 Å². The molecule has 0 fully saturated rings. The van der Waals surface area contributed by atoms with E-state index in [4.69, 9.17) is 5.73 Å². The van der Waals surface area contributed by atoms with E-state index in [0.29, 0.717) is 12.3 Å². The van der Waals surface area contributed by atoms with Crippen LogP contribution in [0.1, 0.15) is 25.8 Å². The molecular formula is C12H19NO. The Bertz CT molecular complexity index is 283. The van der Waals surface area contributed by atoms with Crippen LogP contribution in [0.15, 0.2) is 24.3 Å². The summed E-state index contributed by atoms with van der Waals surface area (Å²) in [7, 11) is 0. The standard InChI is InChI=1S/C12H19NO/c1-9(2)7-11(14)8-10-5-3-4-6-12(10)13/h3-6,9,11,14H,7-8,13H2,1-2H3. The maximum Gasteiger partial charge on any atom is 0.0583 e. The summed E-state index contributed by atoms with van der Waals surface area (Å²) >= 11 is 0. The molecule has 78 valence electrons. The van der Waals surface area contributed by atoms with Crippen molar-refractivity contribution in [1.29, 1.82) is 0 Å². The molecular weight excluding hydrogens is 174 g/mol. The topological polar surface area (TPSA) is 46.2 Å². The molecule has 1 unspecified atom stereocenters. The van der Waals surface area contributed by atoms with Crippen LogP contribution < -0.4 is 5.73 Å². The minimum atomic E-state index is -0.278. The zero-order valence-electron chi connectivity index (χ0n) is 8.90. The highest BCUT2D eigenvalue weighted by Gasteiger charge is 2.09. The van der Waals surface area contributed by atoms with Crippen molar-refractivity contribution in [2.75, 3.05) is 5.73 Å². The number of nitrogen functional groups attached to an aromatic ring is 1. The number of para-hydroxylation sites is 1. The molecule has 2 nitrogen and oxygen atoms in total. The second-order valence-corrected chi connectivity index (χ2v) is 4.19. The van der Waals surface area contributed by atoms with Crippen LogP contribution in [0.2, 0.25) is 0 Å². The molecule has 0 heterocycles. The van der Waals surface area contributed by atoms with Crippen molar-refractivity contribution in [3.63, 3.8) is 0 Å². The fourth-order valence-corrected chi connectivity index (χ4v) is 1.60. The molecule has 2 heteroatoms. The number of nitrogens with two attached hydrogens (primary N) is 1. The number of anilines is 1. The largest absolute Gasteiger partial charge is 0.399 e. The summed E-state index contributed by atoms with van der Waals surface area (Å²) in [6.07, 6.45) is 1.21. The number of hydrogen-bond acceptors (Lipinski definition) is 2. The molecule has 0 spiro atoms. The van der Waals surface area contributed by atoms with Gasteiger partial charge in [0.05, 0.1) is 6.10 Å². The SMILES string of the molecule is CC(C)CC(O)Cc1ccccc1N. The minimum Gasteiger partial charge on any atom is -0.399 e. The minimum absolute atomic E-state index is 0.278. The van der Waals surface area contributed by atoms with Gasteiger partial charge in [-0.1, -0.05) is 32.0 Å². The van der Waals surface area contributed by atoms with Crippen molar-refractivity contribution < 1.29 is 5.11 Å². The first kappa shape index (κ1) is 11.1. The molecule has 0 radical (unpaired) electrons. The Morgan fingerprint density at radius 3 is 2.50 bits per heavy atom. The molecule has 3 N–H and O–H groups in total. The molecule has 1 rings (SSSR count). The number of benzene rings is 1. The van der Waals surface area contributed by atoms with Crippen LogP contribution in [0.3, 0.4) is 0 Å². The van der Waals surface area contributed by atoms with Crippen LogP contribution >= 0.6 is 0 Å². The van der Waals surface area contributed by atoms with Crippen molar-refractivity contribution in [2.24, 2.45) is 5.92 Å². The van der Waals surface area contributed by atoms with Gasteiger partial charge in [0.1, 0.15) is 0 Å². The highest BCUT2D eigenvalue weighted by molar-refractivity contribution is 5.46. The highest BCUT2D eigenvalue weighted by Crippen LogP contribution is 2.15. The summed E-state index contributed by atoms with van der Waals surface area (Å²) in [6, 6.07) is 7.71. The van der Waals surface area contributed by atoms with E-state index >= 15 is 0 Å². The van der Waals surface area contributed by atoms with Crippen molar-refractivity contribution in [2.45, 2.75) is 32.8 Å². The maximum absolute atomic E-state index is 9.74. The smallest absolute Gasteiger partial charge is 0.0583 e. The molecule has 0 saturated heterocycles. The molecule has 1 aromatic carbocycles. The monoisotopic (exact) mass is 193 g/mol. The van der Waals surface area contributed by atoms with Gasteiger partial charge in [0.2, 0.25) is 0 Å². The average molecular weight is 193 g/mol. The van der Waals surface area contributed by atoms with Crippen molar-refractivity contribution >= 4 is 5.69 Å². The summed E-state index contributed by atoms with van der Waals surface area (Å²) < 4.78 is 0. The number of hydrogen-bond donors (Lipinski definition) is 2. The highest BCUT2D eigenvalue weighted by atomic mass is 16.3. The van der Waals surface area contributed by atoms with E-state index in [1.165, 1.54) is 0 Å². The lowest BCUT2D eigenvalue weighted by atomic mass is 9.99. The lowest BCUT2D eigenvalue weighted by Crippen LogP contribution is -2.14. The van der Waals surface area contributed by atoms with Crippen molar-refractivity contribution in [1.82, 2.24) is 0 Å². The Kier molecular flexibility index (Phi) is 3.96. The summed E-state index contributed by atoms with van der Waals surface area (Å²) in [5.74, 6) is 0.523. The van der Waals surface area contributed by atoms with Gasteiger partial charge in [0.15, 0.2) is 0 Å². The summed E-state index contributed by atoms with van der Waals surface area (Å²) in [6.45, 7) is 4.22. The first-order valence-electron chi connectivity index (χ1n) is 5.11. The summed E-state index contributed by atoms with van der Waals surface area (Å²) in [5, 5.41) is 9.74. The van der Waals surface area contributed by atoms with Crippen LogP contribution in [-0.2, 0) is 6.42 Å². The van der Waals surface area contributed by atoms with Gasteiger partial charge in [-0.3, -0.25) is 0 Å². The second-order valence-electron chi connectivity index (χ2n) is 4.19. The molecule has 0 amide bonds. The fraction of sp³-hybridized carbons (Fsp3) is 0.500. The lowest BCUT2D eigenvalue weighted by Gasteiger charge is -2.14. The number of rotatable bonds is 4. The number of aliphatic hydroxyl groups is 1. The van der Waals surface area contributed by atoms with Crippen LogP contribution in [0.4, 0.5) is 5.69 Å². The molecule has 1 aromatic rings. The van der Waals surface area contributed by atoms with Gasteiger partial charge in [-0.05, 0) is 24.0 Å². The van der Waals surface area contributed by atoms with E-state index in [-0.39, 0.29) is 6.10 Å². The first-order chi connectivity index (χ1) is 6.59. The third kappa shape index (κ3) is 3.38. The molecule has 0 aliphatic carbocycles. The van der Waals surface area contributed by atoms with Crippen LogP contribution in [0.5, 0.6) is 0 Å². The number of aliphatic hydroxyl groups excluding tert-OH is 1. The van der Waals surface area contributed by atoms with Gasteiger partial charge in [-0.15, -0.1) is 0 Å². The lowest BCUT2D eigenvalue weighted by molar-refractivity contribution is 0.149. The zero-order valence-corrected chi connectivity index (χ0v) is 8.90. The van der Waals surface area contributed by atoms with Crippen LogP contribution in [-0.4, -0.2) is 11.2 Å².